The molecule has 1 aliphatic heterocycles. The number of hydrogen-bond acceptors (Lipinski definition) is 7. The Kier molecular flexibility index (Phi) is 8.62. The molecule has 1 fully saturated rings. The molecule has 10 nitrogen and oxygen atoms in total. The molecular formula is C20H27FN6O4. The van der Waals surface area contributed by atoms with Crippen molar-refractivity contribution < 1.29 is 14.0 Å². The normalized spacial score (nSPS) is 13.9. The van der Waals surface area contributed by atoms with Gasteiger partial charge in [-0.15, -0.1) is 0 Å². The molecule has 0 radical (unpaired) electrons. The van der Waals surface area contributed by atoms with Crippen LogP contribution in [0.2, 0.25) is 0 Å². The number of ketones is 1. The minimum atomic E-state index is -0.666. The second kappa shape index (κ2) is 11.2. The van der Waals surface area contributed by atoms with Crippen molar-refractivity contribution in [3.05, 3.63) is 56.2 Å². The van der Waals surface area contributed by atoms with Gasteiger partial charge >= 0.3 is 5.69 Å². The zero-order valence-corrected chi connectivity index (χ0v) is 17.4. The molecule has 3 rings (SSSR count). The first-order valence-electron chi connectivity index (χ1n) is 9.98. The number of carbonyl (C=O) groups excluding carboxylic acids is 2. The molecule has 0 atom stereocenters. The third-order valence-electron chi connectivity index (χ3n) is 5.01. The summed E-state index contributed by atoms with van der Waals surface area (Å²) in [6, 6.07) is 2.65. The molecule has 4 N–H and O–H groups in total. The Morgan fingerprint density at radius 1 is 1.19 bits per heavy atom. The van der Waals surface area contributed by atoms with Gasteiger partial charge in [0.15, 0.2) is 5.78 Å². The van der Waals surface area contributed by atoms with Crippen molar-refractivity contribution in [1.82, 2.24) is 19.0 Å². The highest BCUT2D eigenvalue weighted by Gasteiger charge is 2.24. The fourth-order valence-corrected chi connectivity index (χ4v) is 3.49. The number of halogens is 1. The Bertz CT molecular complexity index is 1030. The first-order valence-corrected chi connectivity index (χ1v) is 9.98. The van der Waals surface area contributed by atoms with Gasteiger partial charge in [-0.25, -0.2) is 9.78 Å². The van der Waals surface area contributed by atoms with Crippen LogP contribution in [-0.2, 0) is 17.9 Å². The van der Waals surface area contributed by atoms with Crippen LogP contribution in [0.5, 0.6) is 0 Å². The lowest BCUT2D eigenvalue weighted by Crippen LogP contribution is -2.45. The van der Waals surface area contributed by atoms with Crippen LogP contribution in [0.3, 0.4) is 0 Å². The average molecular weight is 434 g/mol. The summed E-state index contributed by atoms with van der Waals surface area (Å²) in [6.07, 6.45) is 4.70. The molecular weight excluding hydrogens is 407 g/mol. The molecule has 1 aliphatic rings. The van der Waals surface area contributed by atoms with Gasteiger partial charge in [-0.1, -0.05) is 12.5 Å². The number of anilines is 1. The van der Waals surface area contributed by atoms with E-state index in [1.54, 1.807) is 6.92 Å². The second-order valence-corrected chi connectivity index (χ2v) is 7.06. The van der Waals surface area contributed by atoms with Gasteiger partial charge in [-0.05, 0) is 44.5 Å². The van der Waals surface area contributed by atoms with E-state index in [9.17, 15) is 18.8 Å². The van der Waals surface area contributed by atoms with Gasteiger partial charge in [-0.3, -0.25) is 28.4 Å². The summed E-state index contributed by atoms with van der Waals surface area (Å²) in [4.78, 5) is 52.5. The van der Waals surface area contributed by atoms with E-state index < -0.39 is 23.0 Å². The number of amides is 1. The van der Waals surface area contributed by atoms with Gasteiger partial charge in [-0.2, -0.15) is 4.39 Å². The van der Waals surface area contributed by atoms with E-state index in [-0.39, 0.29) is 37.4 Å². The predicted molar refractivity (Wildman–Crippen MR) is 113 cm³/mol. The molecule has 2 aromatic heterocycles. The number of rotatable bonds is 6. The third-order valence-corrected chi connectivity index (χ3v) is 5.01. The van der Waals surface area contributed by atoms with Gasteiger partial charge < -0.3 is 11.5 Å². The number of carbonyl (C=O) groups is 2. The molecule has 0 aromatic carbocycles. The van der Waals surface area contributed by atoms with Gasteiger partial charge in [0.25, 0.3) is 5.56 Å². The smallest absolute Gasteiger partial charge is 0.332 e. The molecule has 0 spiro atoms. The summed E-state index contributed by atoms with van der Waals surface area (Å²) in [7, 11) is 0. The highest BCUT2D eigenvalue weighted by molar-refractivity contribution is 6.01. The zero-order valence-electron chi connectivity index (χ0n) is 17.4. The fraction of sp³-hybridized carbons (Fsp3) is 0.450. The summed E-state index contributed by atoms with van der Waals surface area (Å²) < 4.78 is 15.2. The number of primary amides is 1. The van der Waals surface area contributed by atoms with E-state index in [0.717, 1.165) is 36.9 Å². The summed E-state index contributed by atoms with van der Waals surface area (Å²) in [5, 5.41) is 0. The monoisotopic (exact) mass is 434 g/mol. The van der Waals surface area contributed by atoms with Crippen LogP contribution in [0, 0.1) is 5.95 Å². The summed E-state index contributed by atoms with van der Waals surface area (Å²) in [5.41, 5.74) is 9.37. The van der Waals surface area contributed by atoms with E-state index in [1.807, 2.05) is 4.90 Å². The van der Waals surface area contributed by atoms with Crippen molar-refractivity contribution in [2.45, 2.75) is 39.3 Å². The number of likely N-dealkylation sites (tertiary alicyclic amines) is 1. The quantitative estimate of drug-likeness (QED) is 0.368. The lowest BCUT2D eigenvalue weighted by molar-refractivity contribution is -0.106. The minimum Gasteiger partial charge on any atom is -0.384 e. The molecule has 0 saturated carbocycles. The van der Waals surface area contributed by atoms with Crippen molar-refractivity contribution >= 4 is 18.0 Å². The molecule has 168 valence electrons. The average Bonchev–Trinajstić information content (AvgIpc) is 2.74. The number of hydrogen-bond donors (Lipinski definition) is 2. The Morgan fingerprint density at radius 3 is 2.39 bits per heavy atom. The third kappa shape index (κ3) is 5.85. The molecule has 1 amide bonds. The van der Waals surface area contributed by atoms with Crippen LogP contribution in [0.1, 0.15) is 42.1 Å². The van der Waals surface area contributed by atoms with Gasteiger partial charge in [0, 0.05) is 12.7 Å². The van der Waals surface area contributed by atoms with E-state index in [0.29, 0.717) is 5.56 Å². The molecule has 2 aromatic rings. The van der Waals surface area contributed by atoms with E-state index in [1.165, 1.54) is 22.9 Å². The molecule has 11 heteroatoms. The van der Waals surface area contributed by atoms with E-state index in [2.05, 4.69) is 10.7 Å². The highest BCUT2D eigenvalue weighted by Crippen LogP contribution is 2.13. The van der Waals surface area contributed by atoms with Crippen molar-refractivity contribution in [3.63, 3.8) is 0 Å². The molecule has 3 heterocycles. The van der Waals surface area contributed by atoms with Gasteiger partial charge in [0.05, 0.1) is 13.1 Å². The van der Waals surface area contributed by atoms with Crippen molar-refractivity contribution in [2.75, 3.05) is 25.4 Å². The van der Waals surface area contributed by atoms with Crippen LogP contribution in [-0.4, -0.2) is 50.8 Å². The second-order valence-electron chi connectivity index (χ2n) is 7.06. The van der Waals surface area contributed by atoms with Crippen LogP contribution in [0.15, 0.2) is 27.9 Å². The lowest BCUT2D eigenvalue weighted by Gasteiger charge is -2.26. The number of nitrogens with two attached hydrogens (primary N) is 2. The Hall–Kier alpha value is -3.34. The number of pyridine rings is 1. The Morgan fingerprint density at radius 2 is 1.84 bits per heavy atom. The Labute approximate surface area is 178 Å². The van der Waals surface area contributed by atoms with Crippen LogP contribution >= 0.6 is 0 Å². The Balaban J connectivity index is 0.00000107. The number of aromatic nitrogens is 3. The van der Waals surface area contributed by atoms with Crippen LogP contribution in [0.25, 0.3) is 0 Å². The van der Waals surface area contributed by atoms with Crippen molar-refractivity contribution in [1.29, 1.82) is 0 Å². The maximum atomic E-state index is 13.0. The van der Waals surface area contributed by atoms with Gasteiger partial charge in [0.1, 0.15) is 11.4 Å². The topological polar surface area (TPSA) is 146 Å². The molecule has 0 bridgehead atoms. The molecule has 1 saturated heterocycles. The minimum absolute atomic E-state index is 0.0117. The van der Waals surface area contributed by atoms with Gasteiger partial charge in [0.2, 0.25) is 12.4 Å². The maximum absolute atomic E-state index is 13.0. The predicted octanol–water partition coefficient (Wildman–Crippen LogP) is -0.0354. The van der Waals surface area contributed by atoms with E-state index in [4.69, 9.17) is 10.5 Å². The zero-order chi connectivity index (χ0) is 23.0. The summed E-state index contributed by atoms with van der Waals surface area (Å²) in [5.74, 6) is -1.19. The lowest BCUT2D eigenvalue weighted by atomic mass is 10.1. The molecule has 31 heavy (non-hydrogen) atoms. The standard InChI is InChI=1S/C19H24FN5O3.CH3NO/c1-2-24-18(27)16(14(26)12-23-8-4-3-5-9-23)17(21)25(19(24)28)11-13-6-7-15(20)22-10-13;2-1-3/h6-7,10H,2-5,8-9,11-12,21H2,1H3;1H,(H2,2,3). The number of Topliss-reactive ketones (excluding diaryl/α,β-unsaturated/α-hetero) is 1. The van der Waals surface area contributed by atoms with Crippen LogP contribution < -0.4 is 22.7 Å². The van der Waals surface area contributed by atoms with Crippen molar-refractivity contribution in [3.8, 4) is 0 Å². The number of nitrogens with zero attached hydrogens (tertiary/aromatic N) is 4. The van der Waals surface area contributed by atoms with E-state index >= 15 is 0 Å². The maximum Gasteiger partial charge on any atom is 0.332 e. The summed E-state index contributed by atoms with van der Waals surface area (Å²) in [6.45, 7) is 3.45. The highest BCUT2D eigenvalue weighted by atomic mass is 19.1. The first-order chi connectivity index (χ1) is 14.8. The number of nitrogen functional groups attached to an aromatic ring is 1. The largest absolute Gasteiger partial charge is 0.384 e. The molecule has 0 unspecified atom stereocenters. The first kappa shape index (κ1) is 23.9. The number of piperidine rings is 1. The summed E-state index contributed by atoms with van der Waals surface area (Å²) >= 11 is 0. The van der Waals surface area contributed by atoms with Crippen LogP contribution in [0.4, 0.5) is 10.2 Å². The SMILES string of the molecule is CCn1c(=O)c(C(=O)CN2CCCCC2)c(N)n(Cc2ccc(F)nc2)c1=O.NC=O. The van der Waals surface area contributed by atoms with Crippen molar-refractivity contribution in [2.24, 2.45) is 5.73 Å². The molecule has 0 aliphatic carbocycles. The fourth-order valence-electron chi connectivity index (χ4n) is 3.49.